The summed E-state index contributed by atoms with van der Waals surface area (Å²) in [5, 5.41) is 3.46. The first kappa shape index (κ1) is 22.9. The fourth-order valence-electron chi connectivity index (χ4n) is 3.91. The molecule has 1 aliphatic rings. The van der Waals surface area contributed by atoms with E-state index in [0.717, 1.165) is 41.3 Å². The molecular formula is C25H25NO6S. The zero-order chi connectivity index (χ0) is 23.2. The number of amides is 1. The van der Waals surface area contributed by atoms with Crippen LogP contribution in [0.25, 0.3) is 11.0 Å². The topological polar surface area (TPSA) is 94.8 Å². The van der Waals surface area contributed by atoms with Crippen LogP contribution in [-0.4, -0.2) is 30.1 Å². The second kappa shape index (κ2) is 10.6. The Balaban J connectivity index is 1.44. The number of thioether (sulfide) groups is 1. The third-order valence-corrected chi connectivity index (χ3v) is 6.21. The van der Waals surface area contributed by atoms with Crippen LogP contribution < -0.4 is 15.7 Å². The molecule has 0 bridgehead atoms. The van der Waals surface area contributed by atoms with Crippen molar-refractivity contribution < 1.29 is 23.5 Å². The quantitative estimate of drug-likeness (QED) is 0.301. The lowest BCUT2D eigenvalue weighted by Gasteiger charge is -2.17. The lowest BCUT2D eigenvalue weighted by Crippen LogP contribution is -2.43. The van der Waals surface area contributed by atoms with E-state index >= 15 is 0 Å². The monoisotopic (exact) mass is 467 g/mol. The number of carbonyl (C=O) groups excluding carboxylic acids is 2. The van der Waals surface area contributed by atoms with Gasteiger partial charge in [-0.2, -0.15) is 11.8 Å². The molecule has 1 aromatic heterocycles. The fraction of sp³-hybridized carbons (Fsp3) is 0.320. The lowest BCUT2D eigenvalue weighted by atomic mass is 10.1. The predicted octanol–water partition coefficient (Wildman–Crippen LogP) is 4.24. The maximum absolute atomic E-state index is 12.8. The van der Waals surface area contributed by atoms with Crippen LogP contribution in [-0.2, 0) is 29.0 Å². The first-order valence-electron chi connectivity index (χ1n) is 10.8. The molecular weight excluding hydrogens is 442 g/mol. The first-order chi connectivity index (χ1) is 16.0. The van der Waals surface area contributed by atoms with Gasteiger partial charge in [0.25, 0.3) is 0 Å². The number of hydrogen-bond donors (Lipinski definition) is 1. The van der Waals surface area contributed by atoms with Crippen molar-refractivity contribution >= 4 is 34.8 Å². The van der Waals surface area contributed by atoms with Gasteiger partial charge >= 0.3 is 17.7 Å². The number of benzene rings is 2. The van der Waals surface area contributed by atoms with Gasteiger partial charge in [-0.05, 0) is 61.0 Å². The molecule has 1 N–H and O–H groups in total. The molecule has 0 spiro atoms. The second-order valence-electron chi connectivity index (χ2n) is 7.82. The summed E-state index contributed by atoms with van der Waals surface area (Å²) in [7, 11) is 0. The van der Waals surface area contributed by atoms with Crippen molar-refractivity contribution in [2.24, 2.45) is 0 Å². The zero-order valence-electron chi connectivity index (χ0n) is 18.3. The predicted molar refractivity (Wildman–Crippen MR) is 127 cm³/mol. The van der Waals surface area contributed by atoms with E-state index in [1.54, 1.807) is 23.9 Å². The highest BCUT2D eigenvalue weighted by atomic mass is 32.2. The number of fused-ring (bicyclic) bond motifs is 3. The molecule has 8 heteroatoms. The minimum atomic E-state index is -0.872. The standard InChI is InChI=1S/C25H25NO6S/c1-33-13-12-21(26-25(29)30-15-16-6-3-2-4-7-16)24(28)31-17-10-11-19-18-8-5-9-20(18)23(27)32-22(19)14-17/h2-4,6-7,10-11,14,21H,5,8-9,12-13,15H2,1H3,(H,26,29). The number of carbonyl (C=O) groups is 2. The van der Waals surface area contributed by atoms with Crippen molar-refractivity contribution in [2.45, 2.75) is 38.3 Å². The Morgan fingerprint density at radius 1 is 1.12 bits per heavy atom. The van der Waals surface area contributed by atoms with Gasteiger partial charge in [0.2, 0.25) is 0 Å². The first-order valence-corrected chi connectivity index (χ1v) is 12.2. The molecule has 1 heterocycles. The van der Waals surface area contributed by atoms with Gasteiger partial charge < -0.3 is 19.2 Å². The summed E-state index contributed by atoms with van der Waals surface area (Å²) in [4.78, 5) is 37.3. The summed E-state index contributed by atoms with van der Waals surface area (Å²) in [6.45, 7) is 0.102. The number of nitrogens with one attached hydrogen (secondary N) is 1. The van der Waals surface area contributed by atoms with E-state index in [2.05, 4.69) is 5.32 Å². The molecule has 4 rings (SSSR count). The van der Waals surface area contributed by atoms with Crippen LogP contribution in [0.1, 0.15) is 29.5 Å². The molecule has 2 aromatic carbocycles. The van der Waals surface area contributed by atoms with Crippen LogP contribution in [0, 0.1) is 0 Å². The summed E-state index contributed by atoms with van der Waals surface area (Å²) in [5.74, 6) is 0.294. The normalized spacial score (nSPS) is 13.4. The Hall–Kier alpha value is -3.26. The van der Waals surface area contributed by atoms with Gasteiger partial charge in [0.05, 0.1) is 0 Å². The molecule has 7 nitrogen and oxygen atoms in total. The second-order valence-corrected chi connectivity index (χ2v) is 8.80. The SMILES string of the molecule is CSCCC(NC(=O)OCc1ccccc1)C(=O)Oc1ccc2c3c(c(=O)oc2c1)CCC3. The van der Waals surface area contributed by atoms with Crippen LogP contribution >= 0.6 is 11.8 Å². The summed E-state index contributed by atoms with van der Waals surface area (Å²) in [6, 6.07) is 13.4. The van der Waals surface area contributed by atoms with Gasteiger partial charge in [-0.25, -0.2) is 14.4 Å². The van der Waals surface area contributed by atoms with Gasteiger partial charge in [-0.15, -0.1) is 0 Å². The molecule has 0 saturated carbocycles. The molecule has 1 aliphatic carbocycles. The molecule has 1 atom stereocenters. The molecule has 33 heavy (non-hydrogen) atoms. The fourth-order valence-corrected chi connectivity index (χ4v) is 4.38. The minimum Gasteiger partial charge on any atom is -0.445 e. The Morgan fingerprint density at radius 2 is 1.91 bits per heavy atom. The lowest BCUT2D eigenvalue weighted by molar-refractivity contribution is -0.136. The summed E-state index contributed by atoms with van der Waals surface area (Å²) in [5.41, 5.74) is 2.66. The van der Waals surface area contributed by atoms with Crippen molar-refractivity contribution in [3.63, 3.8) is 0 Å². The maximum atomic E-state index is 12.8. The molecule has 1 amide bonds. The van der Waals surface area contributed by atoms with Crippen molar-refractivity contribution in [1.82, 2.24) is 5.32 Å². The highest BCUT2D eigenvalue weighted by molar-refractivity contribution is 7.98. The van der Waals surface area contributed by atoms with E-state index in [1.807, 2.05) is 42.7 Å². The van der Waals surface area contributed by atoms with Crippen molar-refractivity contribution in [2.75, 3.05) is 12.0 Å². The Kier molecular flexibility index (Phi) is 7.34. The molecule has 0 saturated heterocycles. The van der Waals surface area contributed by atoms with Crippen LogP contribution in [0.4, 0.5) is 4.79 Å². The highest BCUT2D eigenvalue weighted by Crippen LogP contribution is 2.29. The molecule has 0 radical (unpaired) electrons. The third kappa shape index (κ3) is 5.57. The van der Waals surface area contributed by atoms with Gasteiger partial charge in [0, 0.05) is 17.0 Å². The van der Waals surface area contributed by atoms with Crippen molar-refractivity contribution in [3.05, 3.63) is 75.6 Å². The van der Waals surface area contributed by atoms with Gasteiger partial charge in [0.1, 0.15) is 24.0 Å². The van der Waals surface area contributed by atoms with Crippen LogP contribution in [0.2, 0.25) is 0 Å². The molecule has 0 fully saturated rings. The van der Waals surface area contributed by atoms with Crippen molar-refractivity contribution in [3.8, 4) is 5.75 Å². The molecule has 0 aliphatic heterocycles. The largest absolute Gasteiger partial charge is 0.445 e. The average molecular weight is 468 g/mol. The number of esters is 1. The van der Waals surface area contributed by atoms with E-state index < -0.39 is 18.1 Å². The molecule has 172 valence electrons. The number of alkyl carbamates (subject to hydrolysis) is 1. The van der Waals surface area contributed by atoms with Gasteiger partial charge in [-0.1, -0.05) is 30.3 Å². The number of hydrogen-bond acceptors (Lipinski definition) is 7. The summed E-state index contributed by atoms with van der Waals surface area (Å²) >= 11 is 1.56. The zero-order valence-corrected chi connectivity index (χ0v) is 19.1. The Morgan fingerprint density at radius 3 is 2.70 bits per heavy atom. The average Bonchev–Trinajstić information content (AvgIpc) is 3.32. The van der Waals surface area contributed by atoms with E-state index in [4.69, 9.17) is 13.9 Å². The smallest absolute Gasteiger partial charge is 0.408 e. The van der Waals surface area contributed by atoms with Gasteiger partial charge in [-0.3, -0.25) is 0 Å². The van der Waals surface area contributed by atoms with E-state index in [0.29, 0.717) is 17.8 Å². The van der Waals surface area contributed by atoms with E-state index in [-0.39, 0.29) is 18.0 Å². The van der Waals surface area contributed by atoms with Crippen LogP contribution in [0.3, 0.4) is 0 Å². The summed E-state index contributed by atoms with van der Waals surface area (Å²) < 4.78 is 16.2. The van der Waals surface area contributed by atoms with Crippen LogP contribution in [0.5, 0.6) is 5.75 Å². The maximum Gasteiger partial charge on any atom is 0.408 e. The van der Waals surface area contributed by atoms with Crippen molar-refractivity contribution in [1.29, 1.82) is 0 Å². The minimum absolute atomic E-state index is 0.102. The summed E-state index contributed by atoms with van der Waals surface area (Å²) in [6.07, 6.45) is 4.10. The molecule has 3 aromatic rings. The van der Waals surface area contributed by atoms with Gasteiger partial charge in [0.15, 0.2) is 0 Å². The molecule has 1 unspecified atom stereocenters. The highest BCUT2D eigenvalue weighted by Gasteiger charge is 2.24. The van der Waals surface area contributed by atoms with E-state index in [9.17, 15) is 14.4 Å². The van der Waals surface area contributed by atoms with Crippen LogP contribution in [0.15, 0.2) is 57.7 Å². The number of ether oxygens (including phenoxy) is 2. The van der Waals surface area contributed by atoms with E-state index in [1.165, 1.54) is 0 Å². The number of rotatable bonds is 8. The third-order valence-electron chi connectivity index (χ3n) is 5.56. The Labute approximate surface area is 195 Å². The number of aryl methyl sites for hydroxylation is 1. The Bertz CT molecular complexity index is 1210.